The van der Waals surface area contributed by atoms with Crippen LogP contribution in [0.5, 0.6) is 11.5 Å². The molecule has 19 heavy (non-hydrogen) atoms. The fourth-order valence-corrected chi connectivity index (χ4v) is 2.07. The molecule has 2 rings (SSSR count). The molecule has 7 heteroatoms. The molecule has 1 aromatic carbocycles. The van der Waals surface area contributed by atoms with Crippen LogP contribution in [0, 0.1) is 0 Å². The lowest BCUT2D eigenvalue weighted by Gasteiger charge is -2.08. The maximum atomic E-state index is 11.6. The van der Waals surface area contributed by atoms with Crippen molar-refractivity contribution in [3.05, 3.63) is 29.5 Å². The molecule has 1 amide bonds. The Hall–Kier alpha value is -2.02. The van der Waals surface area contributed by atoms with E-state index in [1.54, 1.807) is 18.2 Å². The Kier molecular flexibility index (Phi) is 4.06. The fraction of sp³-hybridized carbons (Fsp3) is 0.167. The quantitative estimate of drug-likeness (QED) is 0.514. The average molecular weight is 328 g/mol. The summed E-state index contributed by atoms with van der Waals surface area (Å²) in [5.41, 5.74) is 0.662. The highest BCUT2D eigenvalue weighted by Gasteiger charge is 2.19. The zero-order chi connectivity index (χ0) is 13.8. The van der Waals surface area contributed by atoms with Crippen molar-refractivity contribution in [2.75, 3.05) is 13.9 Å². The summed E-state index contributed by atoms with van der Waals surface area (Å²) in [6.07, 6.45) is 0.403. The number of fused-ring (bicyclic) bond motifs is 1. The Morgan fingerprint density at radius 2 is 2.16 bits per heavy atom. The van der Waals surface area contributed by atoms with Gasteiger partial charge in [-0.15, -0.1) is 0 Å². The molecule has 1 N–H and O–H groups in total. The van der Waals surface area contributed by atoms with Crippen LogP contribution in [0.1, 0.15) is 5.56 Å². The van der Waals surface area contributed by atoms with Crippen molar-refractivity contribution in [3.63, 3.8) is 0 Å². The van der Waals surface area contributed by atoms with Gasteiger partial charge in [0.05, 0.1) is 11.6 Å². The maximum absolute atomic E-state index is 11.6. The first-order valence-electron chi connectivity index (χ1n) is 5.25. The number of hydrogen-bond acceptors (Lipinski definition) is 5. The van der Waals surface area contributed by atoms with Gasteiger partial charge in [-0.25, -0.2) is 4.79 Å². The van der Waals surface area contributed by atoms with Crippen molar-refractivity contribution in [1.29, 1.82) is 0 Å². The molecular formula is C12H10BrNO5. The Bertz CT molecular complexity index is 555. The van der Waals surface area contributed by atoms with E-state index in [9.17, 15) is 9.59 Å². The predicted octanol–water partition coefficient (Wildman–Crippen LogP) is 1.40. The van der Waals surface area contributed by atoms with Gasteiger partial charge in [0.25, 0.3) is 0 Å². The number of esters is 1. The second kappa shape index (κ2) is 5.75. The van der Waals surface area contributed by atoms with E-state index in [4.69, 9.17) is 9.47 Å². The highest BCUT2D eigenvalue weighted by molar-refractivity contribution is 9.15. The van der Waals surface area contributed by atoms with Crippen LogP contribution in [0.3, 0.4) is 0 Å². The van der Waals surface area contributed by atoms with Gasteiger partial charge < -0.3 is 19.5 Å². The normalized spacial score (nSPS) is 13.6. The minimum atomic E-state index is -0.656. The van der Waals surface area contributed by atoms with E-state index in [1.807, 2.05) is 0 Å². The van der Waals surface area contributed by atoms with Crippen LogP contribution in [0.15, 0.2) is 23.9 Å². The van der Waals surface area contributed by atoms with Crippen molar-refractivity contribution >= 4 is 32.8 Å². The maximum Gasteiger partial charge on any atom is 0.355 e. The van der Waals surface area contributed by atoms with Gasteiger partial charge in [-0.2, -0.15) is 0 Å². The molecule has 0 atom stereocenters. The van der Waals surface area contributed by atoms with E-state index in [2.05, 4.69) is 26.0 Å². The van der Waals surface area contributed by atoms with Crippen molar-refractivity contribution < 1.29 is 23.8 Å². The third kappa shape index (κ3) is 2.70. The second-order valence-corrected chi connectivity index (χ2v) is 4.30. The number of benzene rings is 1. The van der Waals surface area contributed by atoms with Crippen LogP contribution in [0.2, 0.25) is 0 Å². The zero-order valence-corrected chi connectivity index (χ0v) is 11.5. The van der Waals surface area contributed by atoms with Gasteiger partial charge in [0.1, 0.15) is 5.70 Å². The Labute approximate surface area is 117 Å². The molecule has 1 aliphatic heterocycles. The topological polar surface area (TPSA) is 73.9 Å². The summed E-state index contributed by atoms with van der Waals surface area (Å²) in [6, 6.07) is 5.14. The first-order chi connectivity index (χ1) is 9.17. The molecule has 0 aromatic heterocycles. The predicted molar refractivity (Wildman–Crippen MR) is 69.6 cm³/mol. The number of carbonyl (C=O) groups is 2. The third-order valence-electron chi connectivity index (χ3n) is 2.44. The molecular weight excluding hydrogens is 318 g/mol. The third-order valence-corrected chi connectivity index (χ3v) is 3.29. The molecule has 0 radical (unpaired) electrons. The molecule has 0 aliphatic carbocycles. The molecule has 0 spiro atoms. The highest BCUT2D eigenvalue weighted by Crippen LogP contribution is 2.36. The first kappa shape index (κ1) is 13.4. The summed E-state index contributed by atoms with van der Waals surface area (Å²) in [4.78, 5) is 22.1. The summed E-state index contributed by atoms with van der Waals surface area (Å²) >= 11 is 3.26. The van der Waals surface area contributed by atoms with Gasteiger partial charge in [-0.1, -0.05) is 0 Å². The lowest BCUT2D eigenvalue weighted by molar-refractivity contribution is -0.137. The van der Waals surface area contributed by atoms with Gasteiger partial charge in [0.2, 0.25) is 13.2 Å². The molecule has 1 heterocycles. The smallest absolute Gasteiger partial charge is 0.355 e. The molecule has 1 aromatic rings. The monoisotopic (exact) mass is 327 g/mol. The van der Waals surface area contributed by atoms with Crippen molar-refractivity contribution in [3.8, 4) is 11.5 Å². The Morgan fingerprint density at radius 1 is 1.42 bits per heavy atom. The molecule has 6 nitrogen and oxygen atoms in total. The van der Waals surface area contributed by atoms with Crippen molar-refractivity contribution in [2.24, 2.45) is 0 Å². The largest absolute Gasteiger partial charge is 0.464 e. The summed E-state index contributed by atoms with van der Waals surface area (Å²) < 4.78 is 15.4. The standard InChI is InChI=1S/C12H10BrNO5/c1-17-12(16)11(14-5-15)10(13)7-2-3-8-9(4-7)19-6-18-8/h2-5H,6H2,1H3,(H,14,15)/b11-10+. The SMILES string of the molecule is COC(=O)/C(NC=O)=C(\Br)c1ccc2c(c1)OCO2. The first-order valence-corrected chi connectivity index (χ1v) is 6.05. The van der Waals surface area contributed by atoms with Crippen LogP contribution in [0.25, 0.3) is 4.48 Å². The number of hydrogen-bond donors (Lipinski definition) is 1. The number of amides is 1. The Morgan fingerprint density at radius 3 is 2.84 bits per heavy atom. The van der Waals surface area contributed by atoms with Gasteiger partial charge >= 0.3 is 5.97 Å². The van der Waals surface area contributed by atoms with Gasteiger partial charge in [0.15, 0.2) is 11.5 Å². The van der Waals surface area contributed by atoms with Crippen LogP contribution >= 0.6 is 15.9 Å². The Balaban J connectivity index is 2.42. The van der Waals surface area contributed by atoms with Crippen LogP contribution in [-0.4, -0.2) is 26.3 Å². The van der Waals surface area contributed by atoms with E-state index in [0.717, 1.165) is 0 Å². The van der Waals surface area contributed by atoms with E-state index >= 15 is 0 Å². The van der Waals surface area contributed by atoms with E-state index < -0.39 is 5.97 Å². The van der Waals surface area contributed by atoms with Crippen LogP contribution in [0.4, 0.5) is 0 Å². The van der Waals surface area contributed by atoms with E-state index in [1.165, 1.54) is 7.11 Å². The molecule has 100 valence electrons. The summed E-state index contributed by atoms with van der Waals surface area (Å²) in [5.74, 6) is 0.549. The summed E-state index contributed by atoms with van der Waals surface area (Å²) in [7, 11) is 1.23. The number of ether oxygens (including phenoxy) is 3. The molecule has 0 bridgehead atoms. The minimum absolute atomic E-state index is 0.0105. The number of halogens is 1. The highest BCUT2D eigenvalue weighted by atomic mass is 79.9. The minimum Gasteiger partial charge on any atom is -0.464 e. The summed E-state index contributed by atoms with van der Waals surface area (Å²) in [6.45, 7) is 0.163. The van der Waals surface area contributed by atoms with Crippen molar-refractivity contribution in [1.82, 2.24) is 5.32 Å². The van der Waals surface area contributed by atoms with Gasteiger partial charge in [0, 0.05) is 0 Å². The molecule has 1 aliphatic rings. The van der Waals surface area contributed by atoms with Gasteiger partial charge in [-0.3, -0.25) is 4.79 Å². The lowest BCUT2D eigenvalue weighted by Crippen LogP contribution is -2.21. The van der Waals surface area contributed by atoms with Crippen LogP contribution < -0.4 is 14.8 Å². The van der Waals surface area contributed by atoms with Gasteiger partial charge in [-0.05, 0) is 39.7 Å². The second-order valence-electron chi connectivity index (χ2n) is 3.51. The lowest BCUT2D eigenvalue weighted by atomic mass is 10.1. The van der Waals surface area contributed by atoms with Crippen LogP contribution in [-0.2, 0) is 14.3 Å². The molecule has 0 saturated carbocycles. The molecule has 0 unspecified atom stereocenters. The fourth-order valence-electron chi connectivity index (χ4n) is 1.55. The zero-order valence-electron chi connectivity index (χ0n) is 9.94. The number of rotatable bonds is 4. The number of nitrogens with one attached hydrogen (secondary N) is 1. The number of carbonyl (C=O) groups excluding carboxylic acids is 2. The molecule has 0 saturated heterocycles. The van der Waals surface area contributed by atoms with Crippen molar-refractivity contribution in [2.45, 2.75) is 0 Å². The number of methoxy groups -OCH3 is 1. The van der Waals surface area contributed by atoms with E-state index in [-0.39, 0.29) is 12.5 Å². The molecule has 0 fully saturated rings. The average Bonchev–Trinajstić information content (AvgIpc) is 2.90. The summed E-state index contributed by atoms with van der Waals surface area (Å²) in [5, 5.41) is 2.30. The van der Waals surface area contributed by atoms with E-state index in [0.29, 0.717) is 28.0 Å².